The molecule has 1 fully saturated rings. The van der Waals surface area contributed by atoms with Crippen molar-refractivity contribution in [1.82, 2.24) is 14.3 Å². The molecule has 0 spiro atoms. The summed E-state index contributed by atoms with van der Waals surface area (Å²) in [6.07, 6.45) is 3.43. The van der Waals surface area contributed by atoms with Gasteiger partial charge < -0.3 is 4.98 Å². The second kappa shape index (κ2) is 4.73. The van der Waals surface area contributed by atoms with E-state index >= 15 is 0 Å². The second-order valence-electron chi connectivity index (χ2n) is 4.66. The minimum Gasteiger partial charge on any atom is -0.345 e. The number of H-pyrrole nitrogens is 1. The molecule has 0 saturated carbocycles. The maximum absolute atomic E-state index is 12.6. The van der Waals surface area contributed by atoms with Gasteiger partial charge in [-0.1, -0.05) is 6.07 Å². The predicted octanol–water partition coefficient (Wildman–Crippen LogP) is 2.31. The molecule has 3 heterocycles. The molecule has 1 atom stereocenters. The fourth-order valence-corrected chi connectivity index (χ4v) is 5.21. The molecule has 3 rings (SSSR count). The van der Waals surface area contributed by atoms with Gasteiger partial charge in [0, 0.05) is 18.4 Å². The van der Waals surface area contributed by atoms with E-state index in [0.29, 0.717) is 10.8 Å². The summed E-state index contributed by atoms with van der Waals surface area (Å²) in [5, 5.41) is 1.79. The first kappa shape index (κ1) is 12.8. The molecule has 0 amide bonds. The summed E-state index contributed by atoms with van der Waals surface area (Å²) in [4.78, 5) is 7.44. The number of thiophene rings is 1. The Hall–Kier alpha value is -1.18. The third-order valence-corrected chi connectivity index (χ3v) is 6.58. The molecule has 1 N–H and O–H groups in total. The summed E-state index contributed by atoms with van der Waals surface area (Å²) in [5.41, 5.74) is 0.954. The molecule has 19 heavy (non-hydrogen) atoms. The van der Waals surface area contributed by atoms with Gasteiger partial charge in [0.2, 0.25) is 0 Å². The molecule has 0 unspecified atom stereocenters. The lowest BCUT2D eigenvalue weighted by Crippen LogP contribution is -2.30. The molecule has 2 aromatic rings. The Bertz CT molecular complexity index is 661. The normalized spacial score (nSPS) is 21.0. The molecule has 1 saturated heterocycles. The van der Waals surface area contributed by atoms with Crippen LogP contribution in [0.5, 0.6) is 0 Å². The van der Waals surface area contributed by atoms with Crippen molar-refractivity contribution in [3.05, 3.63) is 35.2 Å². The number of nitrogens with zero attached hydrogens (tertiary/aromatic N) is 2. The number of sulfonamides is 1. The van der Waals surface area contributed by atoms with Crippen molar-refractivity contribution < 1.29 is 8.42 Å². The van der Waals surface area contributed by atoms with Gasteiger partial charge in [0.15, 0.2) is 0 Å². The largest absolute Gasteiger partial charge is 0.345 e. The number of hydrogen-bond acceptors (Lipinski definition) is 4. The van der Waals surface area contributed by atoms with Crippen LogP contribution >= 0.6 is 11.3 Å². The smallest absolute Gasteiger partial charge is 0.253 e. The van der Waals surface area contributed by atoms with Crippen LogP contribution in [0.2, 0.25) is 0 Å². The quantitative estimate of drug-likeness (QED) is 0.945. The van der Waals surface area contributed by atoms with Gasteiger partial charge in [-0.3, -0.25) is 0 Å². The van der Waals surface area contributed by atoms with Crippen LogP contribution < -0.4 is 0 Å². The number of rotatable bonds is 3. The fraction of sp³-hybridized carbons (Fsp3) is 0.417. The van der Waals surface area contributed by atoms with E-state index in [1.54, 1.807) is 28.0 Å². The van der Waals surface area contributed by atoms with E-state index in [1.807, 2.05) is 6.92 Å². The van der Waals surface area contributed by atoms with Gasteiger partial charge in [-0.15, -0.1) is 11.3 Å². The lowest BCUT2D eigenvalue weighted by molar-refractivity contribution is 0.386. The highest BCUT2D eigenvalue weighted by Crippen LogP contribution is 2.36. The molecule has 1 aliphatic rings. The van der Waals surface area contributed by atoms with Gasteiger partial charge in [-0.25, -0.2) is 13.4 Å². The molecule has 0 aromatic carbocycles. The highest BCUT2D eigenvalue weighted by molar-refractivity contribution is 7.91. The number of aromatic amines is 1. The van der Waals surface area contributed by atoms with Crippen molar-refractivity contribution in [2.45, 2.75) is 30.0 Å². The number of imidazole rings is 1. The highest BCUT2D eigenvalue weighted by Gasteiger charge is 2.38. The second-order valence-corrected chi connectivity index (χ2v) is 7.72. The summed E-state index contributed by atoms with van der Waals surface area (Å²) >= 11 is 1.26. The molecule has 5 nitrogen and oxygen atoms in total. The first-order valence-corrected chi connectivity index (χ1v) is 8.48. The van der Waals surface area contributed by atoms with Crippen LogP contribution in [-0.4, -0.2) is 29.2 Å². The van der Waals surface area contributed by atoms with Crippen LogP contribution in [0.4, 0.5) is 0 Å². The van der Waals surface area contributed by atoms with E-state index in [2.05, 4.69) is 9.97 Å². The van der Waals surface area contributed by atoms with Crippen molar-refractivity contribution in [2.24, 2.45) is 0 Å². The topological polar surface area (TPSA) is 66.1 Å². The molecular weight excluding hydrogens is 282 g/mol. The summed E-state index contributed by atoms with van der Waals surface area (Å²) in [6.45, 7) is 2.48. The average Bonchev–Trinajstić information content (AvgIpc) is 3.10. The van der Waals surface area contributed by atoms with E-state index in [4.69, 9.17) is 0 Å². The zero-order valence-corrected chi connectivity index (χ0v) is 12.2. The average molecular weight is 297 g/mol. The lowest BCUT2D eigenvalue weighted by atomic mass is 10.2. The van der Waals surface area contributed by atoms with E-state index in [-0.39, 0.29) is 6.04 Å². The predicted molar refractivity (Wildman–Crippen MR) is 73.5 cm³/mol. The third-order valence-electron chi connectivity index (χ3n) is 3.30. The zero-order chi connectivity index (χ0) is 13.5. The molecular formula is C12H15N3O2S2. The van der Waals surface area contributed by atoms with Crippen LogP contribution in [0.25, 0.3) is 0 Å². The number of aromatic nitrogens is 2. The molecule has 0 bridgehead atoms. The monoisotopic (exact) mass is 297 g/mol. The molecule has 2 aromatic heterocycles. The number of nitrogens with one attached hydrogen (secondary N) is 1. The van der Waals surface area contributed by atoms with Crippen LogP contribution in [0, 0.1) is 6.92 Å². The van der Waals surface area contributed by atoms with Gasteiger partial charge in [0.1, 0.15) is 10.0 Å². The van der Waals surface area contributed by atoms with Crippen molar-refractivity contribution in [3.63, 3.8) is 0 Å². The summed E-state index contributed by atoms with van der Waals surface area (Å²) in [7, 11) is -3.39. The van der Waals surface area contributed by atoms with Gasteiger partial charge in [0.05, 0.1) is 6.04 Å². The minimum atomic E-state index is -3.39. The first-order valence-electron chi connectivity index (χ1n) is 6.16. The Morgan fingerprint density at radius 2 is 2.37 bits per heavy atom. The zero-order valence-electron chi connectivity index (χ0n) is 10.5. The van der Waals surface area contributed by atoms with Crippen LogP contribution in [0.15, 0.2) is 27.9 Å². The highest BCUT2D eigenvalue weighted by atomic mass is 32.2. The summed E-state index contributed by atoms with van der Waals surface area (Å²) in [6, 6.07) is 3.25. The Morgan fingerprint density at radius 1 is 1.53 bits per heavy atom. The Labute approximate surface area is 116 Å². The van der Waals surface area contributed by atoms with Crippen LogP contribution in [0.1, 0.15) is 30.4 Å². The van der Waals surface area contributed by atoms with Gasteiger partial charge in [-0.05, 0) is 31.2 Å². The van der Waals surface area contributed by atoms with E-state index < -0.39 is 10.0 Å². The third kappa shape index (κ3) is 2.22. The van der Waals surface area contributed by atoms with Crippen molar-refractivity contribution in [2.75, 3.05) is 6.54 Å². The Kier molecular flexibility index (Phi) is 3.20. The van der Waals surface area contributed by atoms with E-state index in [0.717, 1.165) is 24.4 Å². The fourth-order valence-electron chi connectivity index (χ4n) is 2.43. The SMILES string of the molecule is Cc1cnc([C@@H]2CCCN2S(=O)(=O)c2cccs2)[nH]1. The van der Waals surface area contributed by atoms with E-state index in [9.17, 15) is 8.42 Å². The van der Waals surface area contributed by atoms with Crippen molar-refractivity contribution in [3.8, 4) is 0 Å². The maximum Gasteiger partial charge on any atom is 0.253 e. The van der Waals surface area contributed by atoms with Crippen LogP contribution in [-0.2, 0) is 10.0 Å². The standard InChI is InChI=1S/C12H15N3O2S2/c1-9-8-13-12(14-9)10-4-2-6-15(10)19(16,17)11-5-3-7-18-11/h3,5,7-8,10H,2,4,6H2,1H3,(H,13,14)/t10-/m0/s1. The first-order chi connectivity index (χ1) is 9.09. The van der Waals surface area contributed by atoms with Gasteiger partial charge in [-0.2, -0.15) is 4.31 Å². The summed E-state index contributed by atoms with van der Waals surface area (Å²) in [5.74, 6) is 0.745. The summed E-state index contributed by atoms with van der Waals surface area (Å²) < 4.78 is 27.1. The molecule has 102 valence electrons. The minimum absolute atomic E-state index is 0.166. The number of aryl methyl sites for hydroxylation is 1. The molecule has 0 radical (unpaired) electrons. The molecule has 1 aliphatic heterocycles. The van der Waals surface area contributed by atoms with Crippen LogP contribution in [0.3, 0.4) is 0 Å². The van der Waals surface area contributed by atoms with Gasteiger partial charge >= 0.3 is 0 Å². The number of hydrogen-bond donors (Lipinski definition) is 1. The van der Waals surface area contributed by atoms with E-state index in [1.165, 1.54) is 11.3 Å². The molecule has 7 heteroatoms. The lowest BCUT2D eigenvalue weighted by Gasteiger charge is -2.21. The van der Waals surface area contributed by atoms with Gasteiger partial charge in [0.25, 0.3) is 10.0 Å². The van der Waals surface area contributed by atoms with Crippen molar-refractivity contribution >= 4 is 21.4 Å². The van der Waals surface area contributed by atoms with Crippen molar-refractivity contribution in [1.29, 1.82) is 0 Å². The Morgan fingerprint density at radius 3 is 3.00 bits per heavy atom. The maximum atomic E-state index is 12.6. The molecule has 0 aliphatic carbocycles. The Balaban J connectivity index is 1.96.